The van der Waals surface area contributed by atoms with E-state index < -0.39 is 0 Å². The van der Waals surface area contributed by atoms with E-state index in [0.717, 1.165) is 22.2 Å². The van der Waals surface area contributed by atoms with Crippen molar-refractivity contribution in [1.29, 1.82) is 0 Å². The summed E-state index contributed by atoms with van der Waals surface area (Å²) in [7, 11) is 1.69. The molecule has 2 nitrogen and oxygen atoms in total. The summed E-state index contributed by atoms with van der Waals surface area (Å²) >= 11 is 3.59. The second-order valence-corrected chi connectivity index (χ2v) is 6.00. The van der Waals surface area contributed by atoms with Gasteiger partial charge in [-0.3, -0.25) is 0 Å². The summed E-state index contributed by atoms with van der Waals surface area (Å²) in [5, 5.41) is 0. The van der Waals surface area contributed by atoms with Crippen LogP contribution in [0.15, 0.2) is 22.7 Å². The molecule has 108 valence electrons. The number of rotatable bonds is 8. The van der Waals surface area contributed by atoms with Crippen molar-refractivity contribution < 1.29 is 4.74 Å². The minimum atomic E-state index is 0.0753. The first-order valence-electron chi connectivity index (χ1n) is 7.21. The van der Waals surface area contributed by atoms with Crippen molar-refractivity contribution in [3.05, 3.63) is 28.2 Å². The van der Waals surface area contributed by atoms with Crippen molar-refractivity contribution in [3.63, 3.8) is 0 Å². The lowest BCUT2D eigenvalue weighted by Crippen LogP contribution is -2.16. The van der Waals surface area contributed by atoms with Crippen LogP contribution < -0.4 is 10.5 Å². The van der Waals surface area contributed by atoms with Crippen LogP contribution in [0.5, 0.6) is 5.75 Å². The topological polar surface area (TPSA) is 35.2 Å². The quantitative estimate of drug-likeness (QED) is 0.723. The van der Waals surface area contributed by atoms with Gasteiger partial charge in [0.15, 0.2) is 0 Å². The van der Waals surface area contributed by atoms with Gasteiger partial charge in [0.05, 0.1) is 7.11 Å². The fourth-order valence-electron chi connectivity index (χ4n) is 2.40. The number of halogens is 1. The molecule has 1 rings (SSSR count). The van der Waals surface area contributed by atoms with Gasteiger partial charge in [-0.2, -0.15) is 0 Å². The van der Waals surface area contributed by atoms with Crippen molar-refractivity contribution in [2.75, 3.05) is 7.11 Å². The Labute approximate surface area is 125 Å². The molecule has 2 unspecified atom stereocenters. The van der Waals surface area contributed by atoms with Crippen LogP contribution in [-0.2, 0) is 0 Å². The number of methoxy groups -OCH3 is 1. The molecule has 0 bridgehead atoms. The van der Waals surface area contributed by atoms with Crippen LogP contribution >= 0.6 is 15.9 Å². The zero-order valence-electron chi connectivity index (χ0n) is 12.3. The third kappa shape index (κ3) is 5.15. The molecule has 0 aliphatic rings. The second kappa shape index (κ2) is 8.60. The fraction of sp³-hybridized carbons (Fsp3) is 0.625. The number of hydrogen-bond donors (Lipinski definition) is 1. The minimum absolute atomic E-state index is 0.0753. The van der Waals surface area contributed by atoms with Crippen LogP contribution in [0.25, 0.3) is 0 Å². The molecule has 2 atom stereocenters. The van der Waals surface area contributed by atoms with E-state index in [1.165, 1.54) is 25.7 Å². The highest BCUT2D eigenvalue weighted by molar-refractivity contribution is 9.10. The second-order valence-electron chi connectivity index (χ2n) is 5.15. The van der Waals surface area contributed by atoms with Crippen LogP contribution in [0, 0.1) is 5.92 Å². The first-order valence-corrected chi connectivity index (χ1v) is 8.00. The van der Waals surface area contributed by atoms with E-state index in [0.29, 0.717) is 5.92 Å². The Bertz CT molecular complexity index is 381. The molecule has 2 N–H and O–H groups in total. The van der Waals surface area contributed by atoms with Crippen molar-refractivity contribution in [1.82, 2.24) is 0 Å². The zero-order chi connectivity index (χ0) is 14.3. The van der Waals surface area contributed by atoms with Crippen LogP contribution in [-0.4, -0.2) is 7.11 Å². The molecule has 0 fully saturated rings. The number of nitrogens with two attached hydrogens (primary N) is 1. The Morgan fingerprint density at radius 2 is 2.05 bits per heavy atom. The van der Waals surface area contributed by atoms with Gasteiger partial charge in [0.1, 0.15) is 5.75 Å². The Balaban J connectivity index is 2.72. The SMILES string of the molecule is CCCCC(CC)CC(N)c1cc(OC)ccc1Br. The lowest BCUT2D eigenvalue weighted by molar-refractivity contribution is 0.385. The minimum Gasteiger partial charge on any atom is -0.497 e. The lowest BCUT2D eigenvalue weighted by atomic mass is 9.89. The van der Waals surface area contributed by atoms with E-state index in [1.807, 2.05) is 18.2 Å². The standard InChI is InChI=1S/C16H26BrNO/c1-4-6-7-12(5-2)10-16(18)14-11-13(19-3)8-9-15(14)17/h8-9,11-12,16H,4-7,10,18H2,1-3H3. The molecule has 0 saturated carbocycles. The highest BCUT2D eigenvalue weighted by Gasteiger charge is 2.16. The summed E-state index contributed by atoms with van der Waals surface area (Å²) in [6, 6.07) is 6.09. The molecule has 19 heavy (non-hydrogen) atoms. The van der Waals surface area contributed by atoms with Gasteiger partial charge in [0, 0.05) is 10.5 Å². The molecule has 0 saturated heterocycles. The van der Waals surface area contributed by atoms with Crippen LogP contribution in [0.3, 0.4) is 0 Å². The molecular weight excluding hydrogens is 302 g/mol. The third-order valence-electron chi connectivity index (χ3n) is 3.73. The molecule has 3 heteroatoms. The molecule has 0 spiro atoms. The normalized spacial score (nSPS) is 14.2. The van der Waals surface area contributed by atoms with Crippen LogP contribution in [0.2, 0.25) is 0 Å². The summed E-state index contributed by atoms with van der Waals surface area (Å²) < 4.78 is 6.35. The van der Waals surface area contributed by atoms with E-state index >= 15 is 0 Å². The first kappa shape index (κ1) is 16.5. The first-order chi connectivity index (χ1) is 9.12. The summed E-state index contributed by atoms with van der Waals surface area (Å²) in [6.07, 6.45) is 6.08. The summed E-state index contributed by atoms with van der Waals surface area (Å²) in [4.78, 5) is 0. The Morgan fingerprint density at radius 1 is 1.32 bits per heavy atom. The predicted octanol–water partition coefficient (Wildman–Crippen LogP) is 5.06. The molecule has 0 heterocycles. The number of unbranched alkanes of at least 4 members (excludes halogenated alkanes) is 1. The van der Waals surface area contributed by atoms with Gasteiger partial charge < -0.3 is 10.5 Å². The zero-order valence-corrected chi connectivity index (χ0v) is 13.9. The van der Waals surface area contributed by atoms with Gasteiger partial charge in [-0.15, -0.1) is 0 Å². The van der Waals surface area contributed by atoms with E-state index in [2.05, 4.69) is 29.8 Å². The van der Waals surface area contributed by atoms with Gasteiger partial charge in [-0.05, 0) is 36.1 Å². The number of hydrogen-bond acceptors (Lipinski definition) is 2. The molecule has 0 aliphatic carbocycles. The van der Waals surface area contributed by atoms with Crippen molar-refractivity contribution >= 4 is 15.9 Å². The van der Waals surface area contributed by atoms with Gasteiger partial charge in [0.2, 0.25) is 0 Å². The van der Waals surface area contributed by atoms with E-state index in [9.17, 15) is 0 Å². The molecule has 1 aromatic rings. The van der Waals surface area contributed by atoms with Gasteiger partial charge >= 0.3 is 0 Å². The van der Waals surface area contributed by atoms with Gasteiger partial charge in [0.25, 0.3) is 0 Å². The maximum atomic E-state index is 6.38. The summed E-state index contributed by atoms with van der Waals surface area (Å²) in [6.45, 7) is 4.50. The Kier molecular flexibility index (Phi) is 7.47. The lowest BCUT2D eigenvalue weighted by Gasteiger charge is -2.21. The smallest absolute Gasteiger partial charge is 0.119 e. The Hall–Kier alpha value is -0.540. The highest BCUT2D eigenvalue weighted by atomic mass is 79.9. The van der Waals surface area contributed by atoms with E-state index in [4.69, 9.17) is 10.5 Å². The number of benzene rings is 1. The van der Waals surface area contributed by atoms with Crippen molar-refractivity contribution in [2.45, 2.75) is 52.0 Å². The van der Waals surface area contributed by atoms with E-state index in [-0.39, 0.29) is 6.04 Å². The summed E-state index contributed by atoms with van der Waals surface area (Å²) in [5.41, 5.74) is 7.53. The van der Waals surface area contributed by atoms with Gasteiger partial charge in [-0.25, -0.2) is 0 Å². The van der Waals surface area contributed by atoms with Crippen molar-refractivity contribution in [3.8, 4) is 5.75 Å². The van der Waals surface area contributed by atoms with Crippen LogP contribution in [0.1, 0.15) is 57.6 Å². The molecule has 0 amide bonds. The van der Waals surface area contributed by atoms with Crippen LogP contribution in [0.4, 0.5) is 0 Å². The largest absolute Gasteiger partial charge is 0.497 e. The predicted molar refractivity (Wildman–Crippen MR) is 85.5 cm³/mol. The average Bonchev–Trinajstić information content (AvgIpc) is 2.43. The van der Waals surface area contributed by atoms with E-state index in [1.54, 1.807) is 7.11 Å². The fourth-order valence-corrected chi connectivity index (χ4v) is 2.94. The summed E-state index contributed by atoms with van der Waals surface area (Å²) in [5.74, 6) is 1.59. The maximum absolute atomic E-state index is 6.38. The highest BCUT2D eigenvalue weighted by Crippen LogP contribution is 2.31. The maximum Gasteiger partial charge on any atom is 0.119 e. The number of ether oxygens (including phenoxy) is 1. The molecular formula is C16H26BrNO. The monoisotopic (exact) mass is 327 g/mol. The third-order valence-corrected chi connectivity index (χ3v) is 4.46. The van der Waals surface area contributed by atoms with Crippen molar-refractivity contribution in [2.24, 2.45) is 11.7 Å². The Morgan fingerprint density at radius 3 is 2.63 bits per heavy atom. The molecule has 0 radical (unpaired) electrons. The average molecular weight is 328 g/mol. The molecule has 0 aromatic heterocycles. The molecule has 0 aliphatic heterocycles. The molecule has 1 aromatic carbocycles. The van der Waals surface area contributed by atoms with Gasteiger partial charge in [-0.1, -0.05) is 55.5 Å².